The number of rotatable bonds is 6. The SMILES string of the molecule is C.Cn1nc(C(F)(F)F)cc1[C@H]1[C@@H](C(=O)Nc2ccc(Cl)c(Cl)c2)[C@H]2CC[C@@H]1O2.Cn1nc(C(F)(F)F)cc1[C@H]1[C@H](C(=O)Nc2ccc(Cl)c(Cl)c2)[C@H]2CC[C@@H]1O2. The molecule has 8 atom stereocenters. The van der Waals surface area contributed by atoms with Crippen molar-refractivity contribution in [3.8, 4) is 0 Å². The highest BCUT2D eigenvalue weighted by atomic mass is 35.5. The minimum Gasteiger partial charge on any atom is -0.373 e. The zero-order valence-corrected chi connectivity index (χ0v) is 32.3. The molecule has 57 heavy (non-hydrogen) atoms. The van der Waals surface area contributed by atoms with Crippen molar-refractivity contribution in [3.63, 3.8) is 0 Å². The second-order valence-electron chi connectivity index (χ2n) is 14.1. The van der Waals surface area contributed by atoms with Crippen molar-refractivity contribution in [1.82, 2.24) is 19.6 Å². The number of benzene rings is 2. The Kier molecular flexibility index (Phi) is 12.3. The van der Waals surface area contributed by atoms with E-state index in [9.17, 15) is 35.9 Å². The fourth-order valence-corrected chi connectivity index (χ4v) is 8.83. The number of carbonyl (C=O) groups is 2. The van der Waals surface area contributed by atoms with Gasteiger partial charge in [-0.2, -0.15) is 36.5 Å². The average Bonchev–Trinajstić information content (AvgIpc) is 3.97. The zero-order valence-electron chi connectivity index (χ0n) is 29.3. The van der Waals surface area contributed by atoms with Gasteiger partial charge >= 0.3 is 12.4 Å². The third-order valence-corrected chi connectivity index (χ3v) is 12.1. The number of nitrogens with one attached hydrogen (secondary N) is 2. The maximum atomic E-state index is 13.1. The molecule has 0 unspecified atom stereocenters. The van der Waals surface area contributed by atoms with Gasteiger partial charge in [0.2, 0.25) is 11.8 Å². The van der Waals surface area contributed by atoms with Gasteiger partial charge in [-0.1, -0.05) is 53.8 Å². The molecular weight excluding hydrogens is 848 g/mol. The van der Waals surface area contributed by atoms with Crippen molar-refractivity contribution in [2.45, 2.75) is 81.7 Å². The van der Waals surface area contributed by atoms with Crippen LogP contribution < -0.4 is 10.6 Å². The van der Waals surface area contributed by atoms with Crippen LogP contribution in [-0.2, 0) is 45.5 Å². The minimum absolute atomic E-state index is 0. The first-order valence-corrected chi connectivity index (χ1v) is 18.9. The van der Waals surface area contributed by atoms with Crippen molar-refractivity contribution >= 4 is 69.6 Å². The molecule has 0 aliphatic carbocycles. The summed E-state index contributed by atoms with van der Waals surface area (Å²) in [6.45, 7) is 0. The Morgan fingerprint density at radius 3 is 1.28 bits per heavy atom. The van der Waals surface area contributed by atoms with E-state index in [2.05, 4.69) is 20.8 Å². The van der Waals surface area contributed by atoms with Gasteiger partial charge in [0.25, 0.3) is 0 Å². The van der Waals surface area contributed by atoms with Gasteiger partial charge in [0.15, 0.2) is 11.4 Å². The first-order chi connectivity index (χ1) is 26.3. The molecule has 0 spiro atoms. The molecule has 2 aromatic heterocycles. The van der Waals surface area contributed by atoms with Gasteiger partial charge in [-0.05, 0) is 74.2 Å². The lowest BCUT2D eigenvalue weighted by molar-refractivity contribution is -0.142. The summed E-state index contributed by atoms with van der Waals surface area (Å²) in [6.07, 6.45) is -7.66. The summed E-state index contributed by atoms with van der Waals surface area (Å²) in [5, 5.41) is 14.0. The molecule has 2 amide bonds. The predicted octanol–water partition coefficient (Wildman–Crippen LogP) is 9.93. The molecule has 4 aliphatic rings. The van der Waals surface area contributed by atoms with Gasteiger partial charge in [0.1, 0.15) is 0 Å². The highest BCUT2D eigenvalue weighted by molar-refractivity contribution is 6.42. The van der Waals surface area contributed by atoms with E-state index < -0.39 is 47.4 Å². The van der Waals surface area contributed by atoms with E-state index in [1.165, 1.54) is 35.6 Å². The van der Waals surface area contributed by atoms with E-state index in [-0.39, 0.29) is 43.7 Å². The van der Waals surface area contributed by atoms with Crippen LogP contribution in [0.25, 0.3) is 0 Å². The second-order valence-corrected chi connectivity index (χ2v) is 15.7. The zero-order chi connectivity index (χ0) is 40.4. The summed E-state index contributed by atoms with van der Waals surface area (Å²) in [6, 6.07) is 11.4. The largest absolute Gasteiger partial charge is 0.435 e. The fraction of sp³-hybridized carbons (Fsp3) is 0.459. The number of carbonyl (C=O) groups excluding carboxylic acids is 2. The van der Waals surface area contributed by atoms with Crippen molar-refractivity contribution in [3.05, 3.63) is 91.4 Å². The molecule has 0 radical (unpaired) electrons. The quantitative estimate of drug-likeness (QED) is 0.187. The highest BCUT2D eigenvalue weighted by Gasteiger charge is 2.55. The van der Waals surface area contributed by atoms with Crippen LogP contribution in [0.15, 0.2) is 48.5 Å². The lowest BCUT2D eigenvalue weighted by Crippen LogP contribution is -2.36. The Morgan fingerprint density at radius 1 is 0.614 bits per heavy atom. The Labute approximate surface area is 343 Å². The molecule has 4 saturated heterocycles. The number of amides is 2. The van der Waals surface area contributed by atoms with Gasteiger partial charge in [-0.15, -0.1) is 0 Å². The van der Waals surface area contributed by atoms with Gasteiger partial charge in [0.05, 0.1) is 56.3 Å². The molecule has 4 fully saturated rings. The van der Waals surface area contributed by atoms with Crippen molar-refractivity contribution in [1.29, 1.82) is 0 Å². The first kappa shape index (κ1) is 43.0. The van der Waals surface area contributed by atoms with Gasteiger partial charge in [0, 0.05) is 48.7 Å². The Balaban J connectivity index is 0.000000189. The highest BCUT2D eigenvalue weighted by Crippen LogP contribution is 2.51. The summed E-state index contributed by atoms with van der Waals surface area (Å²) in [7, 11) is 2.90. The van der Waals surface area contributed by atoms with E-state index in [1.807, 2.05) is 0 Å². The third-order valence-electron chi connectivity index (χ3n) is 10.6. The molecule has 2 aromatic carbocycles. The van der Waals surface area contributed by atoms with Crippen LogP contribution in [0.3, 0.4) is 0 Å². The molecule has 4 aliphatic heterocycles. The van der Waals surface area contributed by atoms with Crippen LogP contribution in [0.1, 0.15) is 67.7 Å². The van der Waals surface area contributed by atoms with E-state index in [4.69, 9.17) is 55.9 Å². The van der Waals surface area contributed by atoms with Gasteiger partial charge < -0.3 is 20.1 Å². The van der Waals surface area contributed by atoms with Crippen LogP contribution in [0.4, 0.5) is 37.7 Å². The standard InChI is InChI=1S/2C18H16Cl2F3N3O2.CH4/c2*1-26-11(7-14(25-26)18(21,22)23)15-12-4-5-13(28-12)16(15)17(27)24-8-2-3-9(19)10(20)6-8;/h2*2-3,6-7,12-13,15-16H,4-5H2,1H3,(H,24,27);1H4/t12-,13+,15+,16+;12-,13+,15+,16-;/m00./s1. The average molecular weight is 885 g/mol. The topological polar surface area (TPSA) is 112 Å². The van der Waals surface area contributed by atoms with Gasteiger partial charge in [-0.3, -0.25) is 19.0 Å². The molecule has 10 nitrogen and oxygen atoms in total. The fourth-order valence-electron chi connectivity index (χ4n) is 8.24. The van der Waals surface area contributed by atoms with Crippen LogP contribution in [0.2, 0.25) is 20.1 Å². The molecule has 4 bridgehead atoms. The molecule has 20 heteroatoms. The summed E-state index contributed by atoms with van der Waals surface area (Å²) >= 11 is 23.7. The maximum Gasteiger partial charge on any atom is 0.435 e. The van der Waals surface area contributed by atoms with E-state index in [0.29, 0.717) is 68.5 Å². The van der Waals surface area contributed by atoms with Crippen LogP contribution in [0, 0.1) is 11.8 Å². The lowest BCUT2D eigenvalue weighted by Gasteiger charge is -2.27. The lowest BCUT2D eigenvalue weighted by atomic mass is 9.76. The van der Waals surface area contributed by atoms with Crippen molar-refractivity contribution in [2.24, 2.45) is 25.9 Å². The number of anilines is 2. The molecule has 8 rings (SSSR count). The van der Waals surface area contributed by atoms with Crippen LogP contribution in [0.5, 0.6) is 0 Å². The molecule has 308 valence electrons. The number of aryl methyl sites for hydroxylation is 2. The van der Waals surface area contributed by atoms with Crippen LogP contribution >= 0.6 is 46.4 Å². The Bertz CT molecular complexity index is 2010. The first-order valence-electron chi connectivity index (χ1n) is 17.3. The molecular formula is C37H36Cl4F6N6O4. The number of nitrogens with zero attached hydrogens (tertiary/aromatic N) is 4. The Morgan fingerprint density at radius 2 is 0.965 bits per heavy atom. The number of fused-ring (bicyclic) bond motifs is 4. The number of halogens is 10. The number of hydrogen-bond acceptors (Lipinski definition) is 6. The third kappa shape index (κ3) is 8.62. The predicted molar refractivity (Wildman–Crippen MR) is 202 cm³/mol. The Hall–Kier alpha value is -3.54. The monoisotopic (exact) mass is 882 g/mol. The number of alkyl halides is 6. The minimum atomic E-state index is -4.55. The molecule has 2 N–H and O–H groups in total. The van der Waals surface area contributed by atoms with Crippen molar-refractivity contribution < 1.29 is 45.4 Å². The smallest absolute Gasteiger partial charge is 0.373 e. The summed E-state index contributed by atoms with van der Waals surface area (Å²) < 4.78 is 92.5. The summed E-state index contributed by atoms with van der Waals surface area (Å²) in [5.74, 6) is -2.91. The maximum absolute atomic E-state index is 13.1. The number of aromatic nitrogens is 4. The summed E-state index contributed by atoms with van der Waals surface area (Å²) in [4.78, 5) is 26.0. The van der Waals surface area contributed by atoms with E-state index >= 15 is 0 Å². The molecule has 0 saturated carbocycles. The van der Waals surface area contributed by atoms with E-state index in [1.54, 1.807) is 24.3 Å². The van der Waals surface area contributed by atoms with E-state index in [0.717, 1.165) is 12.1 Å². The molecule has 4 aromatic rings. The second kappa shape index (κ2) is 16.3. The normalized spacial score (nSPS) is 26.2. The van der Waals surface area contributed by atoms with Gasteiger partial charge in [-0.25, -0.2) is 0 Å². The number of ether oxygens (including phenoxy) is 2. The van der Waals surface area contributed by atoms with Crippen LogP contribution in [-0.4, -0.2) is 55.8 Å². The molecule has 6 heterocycles. The van der Waals surface area contributed by atoms with Crippen molar-refractivity contribution in [2.75, 3.05) is 10.6 Å². The summed E-state index contributed by atoms with van der Waals surface area (Å²) in [5.41, 5.74) is -0.348. The number of hydrogen-bond donors (Lipinski definition) is 2.